The summed E-state index contributed by atoms with van der Waals surface area (Å²) < 4.78 is 0. The van der Waals surface area contributed by atoms with Gasteiger partial charge < -0.3 is 10.0 Å². The quantitative estimate of drug-likeness (QED) is 0.595. The van der Waals surface area contributed by atoms with Gasteiger partial charge in [-0.15, -0.1) is 0 Å². The highest BCUT2D eigenvalue weighted by Crippen LogP contribution is 2.06. The Labute approximate surface area is 65.8 Å². The molecule has 0 rings (SSSR count). The molecular formula is C7H13NO3. The SMILES string of the molecule is CC(C)[C@@H](C(=O)O)N(C)C=O. The summed E-state index contributed by atoms with van der Waals surface area (Å²) in [7, 11) is 1.46. The zero-order chi connectivity index (χ0) is 9.02. The summed E-state index contributed by atoms with van der Waals surface area (Å²) in [5.41, 5.74) is 0. The molecule has 0 saturated carbocycles. The summed E-state index contributed by atoms with van der Waals surface area (Å²) in [6.45, 7) is 3.53. The van der Waals surface area contributed by atoms with Crippen molar-refractivity contribution in [2.45, 2.75) is 19.9 Å². The lowest BCUT2D eigenvalue weighted by atomic mass is 10.0. The molecule has 0 bridgehead atoms. The van der Waals surface area contributed by atoms with Crippen LogP contribution in [0.15, 0.2) is 0 Å². The highest BCUT2D eigenvalue weighted by atomic mass is 16.4. The molecule has 4 nitrogen and oxygen atoms in total. The van der Waals surface area contributed by atoms with Gasteiger partial charge in [-0.2, -0.15) is 0 Å². The zero-order valence-electron chi connectivity index (χ0n) is 6.94. The van der Waals surface area contributed by atoms with Crippen molar-refractivity contribution >= 4 is 12.4 Å². The molecule has 0 aliphatic carbocycles. The molecule has 4 heteroatoms. The van der Waals surface area contributed by atoms with E-state index >= 15 is 0 Å². The third kappa shape index (κ3) is 2.57. The minimum atomic E-state index is -0.963. The van der Waals surface area contributed by atoms with Gasteiger partial charge >= 0.3 is 5.97 Å². The Kier molecular flexibility index (Phi) is 3.57. The molecule has 0 heterocycles. The molecule has 0 aromatic rings. The van der Waals surface area contributed by atoms with Gasteiger partial charge in [0.05, 0.1) is 0 Å². The van der Waals surface area contributed by atoms with Gasteiger partial charge in [-0.25, -0.2) is 4.79 Å². The molecule has 0 radical (unpaired) electrons. The molecule has 0 fully saturated rings. The maximum absolute atomic E-state index is 10.5. The fourth-order valence-corrected chi connectivity index (χ4v) is 0.995. The third-order valence-corrected chi connectivity index (χ3v) is 1.49. The summed E-state index contributed by atoms with van der Waals surface area (Å²) in [6.07, 6.45) is 0.527. The summed E-state index contributed by atoms with van der Waals surface area (Å²) in [5.74, 6) is -1.03. The lowest BCUT2D eigenvalue weighted by molar-refractivity contribution is -0.147. The maximum atomic E-state index is 10.5. The van der Waals surface area contributed by atoms with E-state index in [4.69, 9.17) is 5.11 Å². The predicted octanol–water partition coefficient (Wildman–Crippen LogP) is 0.184. The lowest BCUT2D eigenvalue weighted by Crippen LogP contribution is -2.41. The fraction of sp³-hybridized carbons (Fsp3) is 0.714. The van der Waals surface area contributed by atoms with Crippen molar-refractivity contribution in [3.05, 3.63) is 0 Å². The standard InChI is InChI=1S/C7H13NO3/c1-5(2)6(7(10)11)8(3)4-9/h4-6H,1-3H3,(H,10,11)/t6-/m0/s1. The van der Waals surface area contributed by atoms with Gasteiger partial charge in [-0.3, -0.25) is 4.79 Å². The molecule has 0 aliphatic heterocycles. The molecular weight excluding hydrogens is 146 g/mol. The van der Waals surface area contributed by atoms with Crippen LogP contribution in [-0.2, 0) is 9.59 Å². The third-order valence-electron chi connectivity index (χ3n) is 1.49. The van der Waals surface area contributed by atoms with Gasteiger partial charge in [-0.05, 0) is 5.92 Å². The molecule has 0 aromatic carbocycles. The summed E-state index contributed by atoms with van der Waals surface area (Å²) in [4.78, 5) is 21.9. The first kappa shape index (κ1) is 9.94. The number of aliphatic carboxylic acids is 1. The number of carbonyl (C=O) groups is 2. The monoisotopic (exact) mass is 159 g/mol. The van der Waals surface area contributed by atoms with Crippen molar-refractivity contribution in [1.29, 1.82) is 0 Å². The highest BCUT2D eigenvalue weighted by molar-refractivity contribution is 5.76. The first-order valence-electron chi connectivity index (χ1n) is 3.40. The van der Waals surface area contributed by atoms with Crippen molar-refractivity contribution in [3.63, 3.8) is 0 Å². The van der Waals surface area contributed by atoms with Crippen LogP contribution >= 0.6 is 0 Å². The zero-order valence-corrected chi connectivity index (χ0v) is 6.94. The summed E-state index contributed by atoms with van der Waals surface area (Å²) >= 11 is 0. The van der Waals surface area contributed by atoms with E-state index in [9.17, 15) is 9.59 Å². The predicted molar refractivity (Wildman–Crippen MR) is 40.1 cm³/mol. The number of nitrogens with zero attached hydrogens (tertiary/aromatic N) is 1. The van der Waals surface area contributed by atoms with E-state index in [2.05, 4.69) is 0 Å². The van der Waals surface area contributed by atoms with Crippen molar-refractivity contribution in [2.24, 2.45) is 5.92 Å². The van der Waals surface area contributed by atoms with Crippen molar-refractivity contribution < 1.29 is 14.7 Å². The smallest absolute Gasteiger partial charge is 0.326 e. The van der Waals surface area contributed by atoms with E-state index in [0.29, 0.717) is 6.41 Å². The number of hydrogen-bond acceptors (Lipinski definition) is 2. The maximum Gasteiger partial charge on any atom is 0.326 e. The fourth-order valence-electron chi connectivity index (χ4n) is 0.995. The summed E-state index contributed by atoms with van der Waals surface area (Å²) in [5, 5.41) is 8.64. The summed E-state index contributed by atoms with van der Waals surface area (Å²) in [6, 6.07) is -0.715. The number of likely N-dealkylation sites (N-methyl/N-ethyl adjacent to an activating group) is 1. The molecule has 1 N–H and O–H groups in total. The normalized spacial score (nSPS) is 12.7. The Balaban J connectivity index is 4.33. The van der Waals surface area contributed by atoms with E-state index in [0.717, 1.165) is 4.90 Å². The van der Waals surface area contributed by atoms with Crippen molar-refractivity contribution in [1.82, 2.24) is 4.90 Å². The number of rotatable bonds is 4. The Hall–Kier alpha value is -1.06. The van der Waals surface area contributed by atoms with Crippen molar-refractivity contribution in [3.8, 4) is 0 Å². The highest BCUT2D eigenvalue weighted by Gasteiger charge is 2.24. The molecule has 64 valence electrons. The van der Waals surface area contributed by atoms with E-state index in [-0.39, 0.29) is 5.92 Å². The molecule has 0 spiro atoms. The molecule has 0 saturated heterocycles. The Morgan fingerprint density at radius 2 is 2.00 bits per heavy atom. The van der Waals surface area contributed by atoms with Crippen molar-refractivity contribution in [2.75, 3.05) is 7.05 Å². The Bertz CT molecular complexity index is 156. The van der Waals surface area contributed by atoms with Crippen LogP contribution in [0.5, 0.6) is 0 Å². The number of carboxylic acid groups (broad SMARTS) is 1. The van der Waals surface area contributed by atoms with E-state index < -0.39 is 12.0 Å². The van der Waals surface area contributed by atoms with Crippen LogP contribution in [0.4, 0.5) is 0 Å². The van der Waals surface area contributed by atoms with Crippen LogP contribution in [0.3, 0.4) is 0 Å². The van der Waals surface area contributed by atoms with Gasteiger partial charge in [0.1, 0.15) is 6.04 Å². The number of carboxylic acids is 1. The van der Waals surface area contributed by atoms with Crippen LogP contribution in [0.2, 0.25) is 0 Å². The van der Waals surface area contributed by atoms with Gasteiger partial charge in [-0.1, -0.05) is 13.8 Å². The average molecular weight is 159 g/mol. The second-order valence-corrected chi connectivity index (χ2v) is 2.80. The second kappa shape index (κ2) is 3.95. The van der Waals surface area contributed by atoms with Crippen LogP contribution < -0.4 is 0 Å². The van der Waals surface area contributed by atoms with Crippen LogP contribution in [0, 0.1) is 5.92 Å². The molecule has 0 aliphatic rings. The van der Waals surface area contributed by atoms with Gasteiger partial charge in [0, 0.05) is 7.05 Å². The lowest BCUT2D eigenvalue weighted by Gasteiger charge is -2.23. The molecule has 0 aromatic heterocycles. The van der Waals surface area contributed by atoms with Crippen LogP contribution in [0.1, 0.15) is 13.8 Å². The van der Waals surface area contributed by atoms with Gasteiger partial charge in [0.15, 0.2) is 0 Å². The number of carbonyl (C=O) groups excluding carboxylic acids is 1. The minimum absolute atomic E-state index is 0.0669. The average Bonchev–Trinajstić information content (AvgIpc) is 1.85. The van der Waals surface area contributed by atoms with Crippen LogP contribution in [0.25, 0.3) is 0 Å². The largest absolute Gasteiger partial charge is 0.480 e. The van der Waals surface area contributed by atoms with E-state index in [1.54, 1.807) is 13.8 Å². The van der Waals surface area contributed by atoms with E-state index in [1.807, 2.05) is 0 Å². The number of amides is 1. The first-order valence-corrected chi connectivity index (χ1v) is 3.40. The molecule has 1 amide bonds. The topological polar surface area (TPSA) is 57.6 Å². The molecule has 0 unspecified atom stereocenters. The number of hydrogen-bond donors (Lipinski definition) is 1. The first-order chi connectivity index (χ1) is 5.00. The Morgan fingerprint density at radius 1 is 1.55 bits per heavy atom. The molecule has 1 atom stereocenters. The van der Waals surface area contributed by atoms with E-state index in [1.165, 1.54) is 7.05 Å². The van der Waals surface area contributed by atoms with Gasteiger partial charge in [0.2, 0.25) is 6.41 Å². The second-order valence-electron chi connectivity index (χ2n) is 2.80. The minimum Gasteiger partial charge on any atom is -0.480 e. The molecule has 11 heavy (non-hydrogen) atoms. The Morgan fingerprint density at radius 3 is 2.09 bits per heavy atom. The van der Waals surface area contributed by atoms with Gasteiger partial charge in [0.25, 0.3) is 0 Å². The van der Waals surface area contributed by atoms with Crippen LogP contribution in [-0.4, -0.2) is 35.5 Å².